The van der Waals surface area contributed by atoms with Gasteiger partial charge in [0.1, 0.15) is 11.3 Å². The quantitative estimate of drug-likeness (QED) is 0.762. The minimum atomic E-state index is -4.65. The van der Waals surface area contributed by atoms with Gasteiger partial charge in [-0.3, -0.25) is 9.59 Å². The van der Waals surface area contributed by atoms with E-state index in [0.717, 1.165) is 6.07 Å². The van der Waals surface area contributed by atoms with Gasteiger partial charge in [-0.2, -0.15) is 13.2 Å². The first-order valence-corrected chi connectivity index (χ1v) is 5.56. The number of alkyl halides is 3. The third-order valence-electron chi connectivity index (χ3n) is 2.34. The number of nitrogens with one attached hydrogen (secondary N) is 2. The van der Waals surface area contributed by atoms with Crippen LogP contribution in [0.1, 0.15) is 29.4 Å². The molecule has 5 nitrogen and oxygen atoms in total. The summed E-state index contributed by atoms with van der Waals surface area (Å²) in [4.78, 5) is 24.6. The number of carbonyl (C=O) groups excluding carboxylic acids is 1. The monoisotopic (exact) mass is 277 g/mol. The van der Waals surface area contributed by atoms with E-state index in [1.807, 2.05) is 0 Å². The number of aromatic amines is 1. The molecule has 4 N–H and O–H groups in total. The summed E-state index contributed by atoms with van der Waals surface area (Å²) in [6.07, 6.45) is -4.15. The van der Waals surface area contributed by atoms with Crippen molar-refractivity contribution in [3.63, 3.8) is 0 Å². The van der Waals surface area contributed by atoms with Gasteiger partial charge in [-0.1, -0.05) is 0 Å². The molecule has 0 aliphatic carbocycles. The largest absolute Gasteiger partial charge is 0.431 e. The Labute approximate surface area is 107 Å². The van der Waals surface area contributed by atoms with Gasteiger partial charge in [0.15, 0.2) is 0 Å². The smallest absolute Gasteiger partial charge is 0.352 e. The molecule has 19 heavy (non-hydrogen) atoms. The van der Waals surface area contributed by atoms with Crippen molar-refractivity contribution in [3.05, 3.63) is 33.7 Å². The van der Waals surface area contributed by atoms with E-state index in [0.29, 0.717) is 12.5 Å². The first kappa shape index (κ1) is 15.2. The van der Waals surface area contributed by atoms with Crippen LogP contribution in [-0.4, -0.2) is 23.5 Å². The number of carbonyl (C=O) groups is 1. The molecule has 0 saturated heterocycles. The lowest BCUT2D eigenvalue weighted by molar-refractivity contribution is -0.141. The third-order valence-corrected chi connectivity index (χ3v) is 2.34. The van der Waals surface area contributed by atoms with Crippen LogP contribution in [-0.2, 0) is 6.18 Å². The van der Waals surface area contributed by atoms with Gasteiger partial charge in [0.05, 0.1) is 0 Å². The maximum atomic E-state index is 12.3. The molecule has 0 aliphatic heterocycles. The zero-order valence-corrected chi connectivity index (χ0v) is 10.2. The summed E-state index contributed by atoms with van der Waals surface area (Å²) >= 11 is 0. The zero-order valence-electron chi connectivity index (χ0n) is 10.2. The fourth-order valence-electron chi connectivity index (χ4n) is 1.33. The molecule has 0 spiro atoms. The molecule has 1 atom stereocenters. The Morgan fingerprint density at radius 3 is 2.58 bits per heavy atom. The molecule has 8 heteroatoms. The van der Waals surface area contributed by atoms with E-state index in [1.54, 1.807) is 11.9 Å². The van der Waals surface area contributed by atoms with Crippen LogP contribution >= 0.6 is 0 Å². The van der Waals surface area contributed by atoms with Gasteiger partial charge in [-0.15, -0.1) is 0 Å². The summed E-state index contributed by atoms with van der Waals surface area (Å²) in [7, 11) is 0. The van der Waals surface area contributed by atoms with Crippen LogP contribution in [0.5, 0.6) is 0 Å². The lowest BCUT2D eigenvalue weighted by Crippen LogP contribution is -2.33. The first-order chi connectivity index (χ1) is 8.71. The fourth-order valence-corrected chi connectivity index (χ4v) is 1.33. The molecule has 0 aromatic carbocycles. The topological polar surface area (TPSA) is 88.0 Å². The second-order valence-electron chi connectivity index (χ2n) is 4.13. The molecule has 1 heterocycles. The number of pyridine rings is 1. The number of H-pyrrole nitrogens is 1. The zero-order chi connectivity index (χ0) is 14.6. The van der Waals surface area contributed by atoms with Gasteiger partial charge in [-0.05, 0) is 25.5 Å². The van der Waals surface area contributed by atoms with E-state index in [2.05, 4.69) is 5.32 Å². The van der Waals surface area contributed by atoms with Crippen LogP contribution < -0.4 is 16.6 Å². The van der Waals surface area contributed by atoms with Crippen molar-refractivity contribution in [1.29, 1.82) is 0 Å². The van der Waals surface area contributed by atoms with Crippen LogP contribution in [0.3, 0.4) is 0 Å². The molecule has 0 saturated carbocycles. The molecule has 1 unspecified atom stereocenters. The Bertz CT molecular complexity index is 509. The third kappa shape index (κ3) is 4.40. The lowest BCUT2D eigenvalue weighted by atomic mass is 10.2. The molecule has 1 aromatic rings. The molecule has 1 rings (SSSR count). The minimum absolute atomic E-state index is 0.119. The summed E-state index contributed by atoms with van der Waals surface area (Å²) < 4.78 is 36.9. The Kier molecular flexibility index (Phi) is 4.71. The summed E-state index contributed by atoms with van der Waals surface area (Å²) in [6, 6.07) is 1.39. The highest BCUT2D eigenvalue weighted by Gasteiger charge is 2.32. The van der Waals surface area contributed by atoms with Crippen LogP contribution in [0, 0.1) is 0 Å². The number of hydrogen-bond donors (Lipinski definition) is 3. The average Bonchev–Trinajstić information content (AvgIpc) is 2.26. The molecular formula is C11H14F3N3O2. The first-order valence-electron chi connectivity index (χ1n) is 5.56. The Morgan fingerprint density at radius 1 is 1.47 bits per heavy atom. The summed E-state index contributed by atoms with van der Waals surface area (Å²) in [5, 5.41) is 2.41. The van der Waals surface area contributed by atoms with Gasteiger partial charge in [0, 0.05) is 12.6 Å². The highest BCUT2D eigenvalue weighted by atomic mass is 19.4. The van der Waals surface area contributed by atoms with Crippen molar-refractivity contribution in [2.45, 2.75) is 25.6 Å². The molecular weight excluding hydrogens is 263 g/mol. The predicted octanol–water partition coefficient (Wildman–Crippen LogP) is 0.861. The molecule has 1 aromatic heterocycles. The molecule has 0 bridgehead atoms. The van der Waals surface area contributed by atoms with Crippen molar-refractivity contribution in [3.8, 4) is 0 Å². The van der Waals surface area contributed by atoms with Crippen molar-refractivity contribution >= 4 is 5.91 Å². The van der Waals surface area contributed by atoms with E-state index < -0.39 is 23.3 Å². The average molecular weight is 277 g/mol. The van der Waals surface area contributed by atoms with E-state index >= 15 is 0 Å². The van der Waals surface area contributed by atoms with Gasteiger partial charge >= 0.3 is 6.18 Å². The standard InChI is InChI=1S/C11H14F3N3O2/c1-6(15)4-5-16-9(18)7-2-3-8(11(12,13)14)17-10(7)19/h2-3,6H,4-5,15H2,1H3,(H,16,18)(H,17,19). The van der Waals surface area contributed by atoms with Crippen LogP contribution in [0.2, 0.25) is 0 Å². The van der Waals surface area contributed by atoms with Crippen molar-refractivity contribution in [2.24, 2.45) is 5.73 Å². The van der Waals surface area contributed by atoms with E-state index in [-0.39, 0.29) is 18.2 Å². The van der Waals surface area contributed by atoms with Crippen molar-refractivity contribution in [1.82, 2.24) is 10.3 Å². The molecule has 0 radical (unpaired) electrons. The van der Waals surface area contributed by atoms with Gasteiger partial charge in [0.2, 0.25) is 0 Å². The number of aromatic nitrogens is 1. The second kappa shape index (κ2) is 5.87. The highest BCUT2D eigenvalue weighted by molar-refractivity contribution is 5.93. The number of nitrogens with two attached hydrogens (primary N) is 1. The summed E-state index contributed by atoms with van der Waals surface area (Å²) in [5.41, 5.74) is 2.84. The predicted molar refractivity (Wildman–Crippen MR) is 62.7 cm³/mol. The SMILES string of the molecule is CC(N)CCNC(=O)c1ccc(C(F)(F)F)[nH]c1=O. The van der Waals surface area contributed by atoms with E-state index in [4.69, 9.17) is 5.73 Å². The van der Waals surface area contributed by atoms with Gasteiger partial charge in [0.25, 0.3) is 11.5 Å². The molecule has 0 aliphatic rings. The van der Waals surface area contributed by atoms with Gasteiger partial charge in [-0.25, -0.2) is 0 Å². The van der Waals surface area contributed by atoms with E-state index in [9.17, 15) is 22.8 Å². The maximum absolute atomic E-state index is 12.3. The normalized spacial score (nSPS) is 13.1. The van der Waals surface area contributed by atoms with Gasteiger partial charge < -0.3 is 16.0 Å². The number of rotatable bonds is 4. The second-order valence-corrected chi connectivity index (χ2v) is 4.13. The molecule has 1 amide bonds. The minimum Gasteiger partial charge on any atom is -0.352 e. The Balaban J connectivity index is 2.80. The molecule has 0 fully saturated rings. The summed E-state index contributed by atoms with van der Waals surface area (Å²) in [6.45, 7) is 1.99. The molecule has 106 valence electrons. The number of amides is 1. The van der Waals surface area contributed by atoms with E-state index in [1.165, 1.54) is 0 Å². The Morgan fingerprint density at radius 2 is 2.11 bits per heavy atom. The van der Waals surface area contributed by atoms with Crippen LogP contribution in [0.4, 0.5) is 13.2 Å². The van der Waals surface area contributed by atoms with Crippen molar-refractivity contribution in [2.75, 3.05) is 6.54 Å². The number of hydrogen-bond acceptors (Lipinski definition) is 3. The van der Waals surface area contributed by atoms with Crippen LogP contribution in [0.15, 0.2) is 16.9 Å². The summed E-state index contributed by atoms with van der Waals surface area (Å²) in [5.74, 6) is -0.726. The lowest BCUT2D eigenvalue weighted by Gasteiger charge is -2.08. The highest BCUT2D eigenvalue weighted by Crippen LogP contribution is 2.26. The maximum Gasteiger partial charge on any atom is 0.431 e. The van der Waals surface area contributed by atoms with Crippen LogP contribution in [0.25, 0.3) is 0 Å². The Hall–Kier alpha value is -1.83. The number of halogens is 3. The van der Waals surface area contributed by atoms with Crippen molar-refractivity contribution < 1.29 is 18.0 Å². The fraction of sp³-hybridized carbons (Fsp3) is 0.455.